The van der Waals surface area contributed by atoms with Crippen LogP contribution in [0.25, 0.3) is 11.0 Å². The molecule has 7 nitrogen and oxygen atoms in total. The van der Waals surface area contributed by atoms with Gasteiger partial charge in [-0.05, 0) is 17.3 Å². The zero-order chi connectivity index (χ0) is 12.5. The minimum atomic E-state index is -0.975. The van der Waals surface area contributed by atoms with Crippen molar-refractivity contribution >= 4 is 17.0 Å². The zero-order valence-corrected chi connectivity index (χ0v) is 9.61. The molecule has 1 fully saturated rings. The number of aromatic carboxylic acids is 1. The highest BCUT2D eigenvalue weighted by Crippen LogP contribution is 2.17. The molecule has 0 saturated carbocycles. The van der Waals surface area contributed by atoms with Gasteiger partial charge in [0.2, 0.25) is 0 Å². The summed E-state index contributed by atoms with van der Waals surface area (Å²) in [5, 5.41) is 19.2. The summed E-state index contributed by atoms with van der Waals surface area (Å²) >= 11 is 0. The highest BCUT2D eigenvalue weighted by atomic mass is 16.5. The number of hydrogen-bond acceptors (Lipinski definition) is 5. The summed E-state index contributed by atoms with van der Waals surface area (Å²) in [4.78, 5) is 12.8. The van der Waals surface area contributed by atoms with Crippen LogP contribution in [0.2, 0.25) is 0 Å². The minimum Gasteiger partial charge on any atom is -0.478 e. The topological polar surface area (TPSA) is 80.5 Å². The lowest BCUT2D eigenvalue weighted by molar-refractivity contribution is 0.0698. The number of fused-ring (bicyclic) bond motifs is 1. The van der Waals surface area contributed by atoms with Crippen molar-refractivity contribution in [1.29, 1.82) is 0 Å². The fourth-order valence-electron chi connectivity index (χ4n) is 2.07. The summed E-state index contributed by atoms with van der Waals surface area (Å²) in [5.41, 5.74) is 1.33. The number of aromatic nitrogens is 3. The summed E-state index contributed by atoms with van der Waals surface area (Å²) in [6.07, 6.45) is 0. The quantitative estimate of drug-likeness (QED) is 0.811. The SMILES string of the molecule is O=C(O)c1cccc2nnn(N3CCOCC3)c12. The fraction of sp³-hybridized carbons (Fsp3) is 0.364. The van der Waals surface area contributed by atoms with Crippen LogP contribution >= 0.6 is 0 Å². The van der Waals surface area contributed by atoms with Crippen molar-refractivity contribution in [2.24, 2.45) is 0 Å². The van der Waals surface area contributed by atoms with Crippen molar-refractivity contribution in [1.82, 2.24) is 15.1 Å². The Kier molecular flexibility index (Phi) is 2.60. The maximum absolute atomic E-state index is 11.2. The van der Waals surface area contributed by atoms with Crippen molar-refractivity contribution in [3.05, 3.63) is 23.8 Å². The van der Waals surface area contributed by atoms with Gasteiger partial charge in [-0.2, -0.15) is 4.79 Å². The van der Waals surface area contributed by atoms with Gasteiger partial charge in [0.25, 0.3) is 0 Å². The molecule has 0 amide bonds. The van der Waals surface area contributed by atoms with E-state index in [-0.39, 0.29) is 5.56 Å². The molecular formula is C11H12N4O3. The Hall–Kier alpha value is -2.15. The van der Waals surface area contributed by atoms with Gasteiger partial charge in [-0.3, -0.25) is 5.01 Å². The van der Waals surface area contributed by atoms with Gasteiger partial charge in [-0.1, -0.05) is 6.07 Å². The second kappa shape index (κ2) is 4.26. The Morgan fingerprint density at radius 2 is 2.11 bits per heavy atom. The van der Waals surface area contributed by atoms with Crippen LogP contribution < -0.4 is 5.01 Å². The lowest BCUT2D eigenvalue weighted by Crippen LogP contribution is -2.44. The first kappa shape index (κ1) is 11.0. The third-order valence-electron chi connectivity index (χ3n) is 2.94. The molecule has 1 aromatic heterocycles. The van der Waals surface area contributed by atoms with Gasteiger partial charge in [0, 0.05) is 0 Å². The van der Waals surface area contributed by atoms with Crippen molar-refractivity contribution in [2.45, 2.75) is 0 Å². The van der Waals surface area contributed by atoms with Crippen LogP contribution in [0.15, 0.2) is 18.2 Å². The van der Waals surface area contributed by atoms with E-state index >= 15 is 0 Å². The maximum atomic E-state index is 11.2. The van der Waals surface area contributed by atoms with Gasteiger partial charge in [0.15, 0.2) is 0 Å². The van der Waals surface area contributed by atoms with Crippen LogP contribution in [0.5, 0.6) is 0 Å². The number of rotatable bonds is 2. The average Bonchev–Trinajstić information content (AvgIpc) is 2.83. The van der Waals surface area contributed by atoms with Crippen molar-refractivity contribution in [3.8, 4) is 0 Å². The number of ether oxygens (including phenoxy) is 1. The van der Waals surface area contributed by atoms with Crippen molar-refractivity contribution < 1.29 is 14.6 Å². The van der Waals surface area contributed by atoms with Crippen molar-refractivity contribution in [2.75, 3.05) is 31.3 Å². The summed E-state index contributed by atoms with van der Waals surface area (Å²) in [5.74, 6) is -0.975. The van der Waals surface area contributed by atoms with E-state index in [1.165, 1.54) is 0 Å². The highest BCUT2D eigenvalue weighted by molar-refractivity contribution is 6.00. The van der Waals surface area contributed by atoms with E-state index in [2.05, 4.69) is 10.3 Å². The standard InChI is InChI=1S/C11H12N4O3/c16-11(17)8-2-1-3-9-10(8)15(13-12-9)14-4-6-18-7-5-14/h1-3H,4-7H2,(H,16,17). The molecule has 2 heterocycles. The number of carboxylic acids is 1. The van der Waals surface area contributed by atoms with Gasteiger partial charge >= 0.3 is 5.97 Å². The first-order valence-electron chi connectivity index (χ1n) is 5.68. The first-order valence-corrected chi connectivity index (χ1v) is 5.68. The summed E-state index contributed by atoms with van der Waals surface area (Å²) in [7, 11) is 0. The Labute approximate surface area is 103 Å². The molecule has 0 bridgehead atoms. The Morgan fingerprint density at radius 1 is 1.33 bits per heavy atom. The van der Waals surface area contributed by atoms with E-state index < -0.39 is 5.97 Å². The highest BCUT2D eigenvalue weighted by Gasteiger charge is 2.19. The molecule has 3 rings (SSSR count). The molecule has 1 saturated heterocycles. The summed E-state index contributed by atoms with van der Waals surface area (Å²) in [6.45, 7) is 2.56. The van der Waals surface area contributed by atoms with E-state index in [0.717, 1.165) is 0 Å². The van der Waals surface area contributed by atoms with Crippen LogP contribution in [0.1, 0.15) is 10.4 Å². The zero-order valence-electron chi connectivity index (χ0n) is 9.61. The molecule has 2 aromatic rings. The summed E-state index contributed by atoms with van der Waals surface area (Å²) in [6, 6.07) is 4.99. The number of hydrogen-bond donors (Lipinski definition) is 1. The van der Waals surface area contributed by atoms with E-state index in [4.69, 9.17) is 4.74 Å². The molecule has 0 radical (unpaired) electrons. The monoisotopic (exact) mass is 248 g/mol. The molecule has 0 spiro atoms. The number of carbonyl (C=O) groups is 1. The van der Waals surface area contributed by atoms with Gasteiger partial charge in [0.05, 0.1) is 31.9 Å². The molecule has 1 aromatic carbocycles. The lowest BCUT2D eigenvalue weighted by Gasteiger charge is -2.28. The molecule has 94 valence electrons. The van der Waals surface area contributed by atoms with Crippen LogP contribution in [-0.4, -0.2) is 52.5 Å². The molecule has 0 atom stereocenters. The Balaban J connectivity index is 2.14. The Morgan fingerprint density at radius 3 is 2.83 bits per heavy atom. The van der Waals surface area contributed by atoms with Gasteiger partial charge in [-0.15, -0.1) is 5.10 Å². The molecule has 1 N–H and O–H groups in total. The number of morpholine rings is 1. The number of nitrogens with zero attached hydrogens (tertiary/aromatic N) is 4. The fourth-order valence-corrected chi connectivity index (χ4v) is 2.07. The number of para-hydroxylation sites is 1. The molecule has 0 unspecified atom stereocenters. The molecule has 0 aliphatic carbocycles. The van der Waals surface area contributed by atoms with Crippen LogP contribution in [-0.2, 0) is 4.74 Å². The number of carboxylic acid groups (broad SMARTS) is 1. The predicted octanol–water partition coefficient (Wildman–Crippen LogP) is 0.0977. The van der Waals surface area contributed by atoms with Gasteiger partial charge < -0.3 is 9.84 Å². The average molecular weight is 248 g/mol. The molecule has 1 aliphatic heterocycles. The van der Waals surface area contributed by atoms with E-state index in [1.807, 2.05) is 5.01 Å². The second-order valence-corrected chi connectivity index (χ2v) is 4.02. The van der Waals surface area contributed by atoms with E-state index in [0.29, 0.717) is 37.3 Å². The van der Waals surface area contributed by atoms with Crippen LogP contribution in [0.3, 0.4) is 0 Å². The normalized spacial score (nSPS) is 16.1. The largest absolute Gasteiger partial charge is 0.478 e. The third-order valence-corrected chi connectivity index (χ3v) is 2.94. The van der Waals surface area contributed by atoms with Gasteiger partial charge in [-0.25, -0.2) is 4.79 Å². The van der Waals surface area contributed by atoms with E-state index in [9.17, 15) is 9.90 Å². The lowest BCUT2D eigenvalue weighted by atomic mass is 10.2. The van der Waals surface area contributed by atoms with Crippen molar-refractivity contribution in [3.63, 3.8) is 0 Å². The third kappa shape index (κ3) is 1.68. The first-order chi connectivity index (χ1) is 8.77. The summed E-state index contributed by atoms with van der Waals surface area (Å²) < 4.78 is 5.27. The Bertz CT molecular complexity index is 589. The molecule has 18 heavy (non-hydrogen) atoms. The maximum Gasteiger partial charge on any atom is 0.338 e. The smallest absolute Gasteiger partial charge is 0.338 e. The van der Waals surface area contributed by atoms with Gasteiger partial charge in [0.1, 0.15) is 11.0 Å². The second-order valence-electron chi connectivity index (χ2n) is 4.02. The minimum absolute atomic E-state index is 0.212. The molecule has 7 heteroatoms. The van der Waals surface area contributed by atoms with Crippen LogP contribution in [0.4, 0.5) is 0 Å². The number of benzene rings is 1. The molecule has 1 aliphatic rings. The van der Waals surface area contributed by atoms with Crippen LogP contribution in [0, 0.1) is 0 Å². The molecular weight excluding hydrogens is 236 g/mol. The predicted molar refractivity (Wildman–Crippen MR) is 63.3 cm³/mol. The van der Waals surface area contributed by atoms with E-state index in [1.54, 1.807) is 23.0 Å².